The molecule has 3 rings (SSSR count). The molecule has 0 bridgehead atoms. The first-order valence-corrected chi connectivity index (χ1v) is 7.64. The number of nitrogens with zero attached hydrogens (tertiary/aromatic N) is 3. The van der Waals surface area contributed by atoms with Gasteiger partial charge in [-0.1, -0.05) is 12.8 Å². The van der Waals surface area contributed by atoms with Crippen LogP contribution in [0.25, 0.3) is 0 Å². The average molecular weight is 262 g/mol. The van der Waals surface area contributed by atoms with E-state index in [1.807, 2.05) is 4.68 Å². The van der Waals surface area contributed by atoms with Gasteiger partial charge in [-0.25, -0.2) is 0 Å². The summed E-state index contributed by atoms with van der Waals surface area (Å²) in [6.45, 7) is 6.71. The van der Waals surface area contributed by atoms with Crippen molar-refractivity contribution >= 4 is 0 Å². The SMILES string of the molecule is Cc1cc(CN2CCCNC3(CCCC3)C2)n(C)n1. The molecule has 19 heavy (non-hydrogen) atoms. The third-order valence-corrected chi connectivity index (χ3v) is 4.72. The molecule has 2 heterocycles. The Bertz CT molecular complexity index is 431. The van der Waals surface area contributed by atoms with Gasteiger partial charge >= 0.3 is 0 Å². The second kappa shape index (κ2) is 5.25. The van der Waals surface area contributed by atoms with Crippen LogP contribution in [0.5, 0.6) is 0 Å². The second-order valence-corrected chi connectivity index (χ2v) is 6.38. The summed E-state index contributed by atoms with van der Waals surface area (Å²) in [6, 6.07) is 2.22. The standard InChI is InChI=1S/C15H26N4/c1-13-10-14(18(2)17-13)11-19-9-5-8-16-15(12-19)6-3-4-7-15/h10,16H,3-9,11-12H2,1-2H3. The molecule has 0 aromatic carbocycles. The van der Waals surface area contributed by atoms with E-state index >= 15 is 0 Å². The van der Waals surface area contributed by atoms with Crippen LogP contribution in [0.4, 0.5) is 0 Å². The van der Waals surface area contributed by atoms with Crippen molar-refractivity contribution < 1.29 is 0 Å². The molecule has 1 aliphatic carbocycles. The van der Waals surface area contributed by atoms with Gasteiger partial charge in [0.15, 0.2) is 0 Å². The number of aryl methyl sites for hydroxylation is 2. The van der Waals surface area contributed by atoms with Crippen LogP contribution in [0.15, 0.2) is 6.07 Å². The highest BCUT2D eigenvalue weighted by molar-refractivity contribution is 5.09. The fraction of sp³-hybridized carbons (Fsp3) is 0.800. The van der Waals surface area contributed by atoms with Crippen LogP contribution in [0, 0.1) is 6.92 Å². The Hall–Kier alpha value is -0.870. The molecule has 2 aliphatic rings. The predicted octanol–water partition coefficient (Wildman–Crippen LogP) is 1.84. The quantitative estimate of drug-likeness (QED) is 0.883. The molecule has 1 spiro atoms. The number of hydrogen-bond acceptors (Lipinski definition) is 3. The van der Waals surface area contributed by atoms with Gasteiger partial charge in [-0.2, -0.15) is 5.10 Å². The maximum Gasteiger partial charge on any atom is 0.0597 e. The van der Waals surface area contributed by atoms with Crippen LogP contribution >= 0.6 is 0 Å². The second-order valence-electron chi connectivity index (χ2n) is 6.38. The van der Waals surface area contributed by atoms with E-state index in [0.717, 1.165) is 12.2 Å². The van der Waals surface area contributed by atoms with Crippen molar-refractivity contribution in [2.45, 2.75) is 51.1 Å². The fourth-order valence-corrected chi connectivity index (χ4v) is 3.78. The van der Waals surface area contributed by atoms with E-state index in [9.17, 15) is 0 Å². The summed E-state index contributed by atoms with van der Waals surface area (Å²) in [5, 5.41) is 8.29. The summed E-state index contributed by atoms with van der Waals surface area (Å²) in [5.41, 5.74) is 2.87. The van der Waals surface area contributed by atoms with E-state index in [1.54, 1.807) is 0 Å². The molecule has 4 nitrogen and oxygen atoms in total. The summed E-state index contributed by atoms with van der Waals surface area (Å²) < 4.78 is 2.04. The van der Waals surface area contributed by atoms with Crippen molar-refractivity contribution in [3.05, 3.63) is 17.5 Å². The average Bonchev–Trinajstić information content (AvgIpc) is 2.86. The van der Waals surface area contributed by atoms with Crippen LogP contribution in [0.3, 0.4) is 0 Å². The number of nitrogens with one attached hydrogen (secondary N) is 1. The Kier molecular flexibility index (Phi) is 3.63. The predicted molar refractivity (Wildman–Crippen MR) is 77.0 cm³/mol. The molecule has 1 aliphatic heterocycles. The number of hydrogen-bond donors (Lipinski definition) is 1. The van der Waals surface area contributed by atoms with E-state index < -0.39 is 0 Å². The Morgan fingerprint density at radius 3 is 2.79 bits per heavy atom. The zero-order valence-corrected chi connectivity index (χ0v) is 12.3. The molecular formula is C15H26N4. The molecule has 0 atom stereocenters. The van der Waals surface area contributed by atoms with Gasteiger partial charge in [0.2, 0.25) is 0 Å². The van der Waals surface area contributed by atoms with Gasteiger partial charge in [0.05, 0.1) is 11.4 Å². The fourth-order valence-electron chi connectivity index (χ4n) is 3.78. The van der Waals surface area contributed by atoms with Crippen molar-refractivity contribution in [2.24, 2.45) is 7.05 Å². The Balaban J connectivity index is 1.71. The molecule has 1 saturated heterocycles. The first-order chi connectivity index (χ1) is 9.17. The molecule has 4 heteroatoms. The van der Waals surface area contributed by atoms with Gasteiger partial charge in [0.1, 0.15) is 0 Å². The maximum absolute atomic E-state index is 4.46. The monoisotopic (exact) mass is 262 g/mol. The molecule has 1 saturated carbocycles. The molecule has 2 fully saturated rings. The van der Waals surface area contributed by atoms with Crippen molar-refractivity contribution in [2.75, 3.05) is 19.6 Å². The molecule has 1 aromatic rings. The molecule has 1 N–H and O–H groups in total. The summed E-state index contributed by atoms with van der Waals surface area (Å²) in [6.07, 6.45) is 6.76. The minimum absolute atomic E-state index is 0.407. The van der Waals surface area contributed by atoms with E-state index in [1.165, 1.54) is 57.4 Å². The number of aromatic nitrogens is 2. The minimum Gasteiger partial charge on any atom is -0.310 e. The van der Waals surface area contributed by atoms with Crippen LogP contribution in [-0.2, 0) is 13.6 Å². The van der Waals surface area contributed by atoms with Crippen molar-refractivity contribution in [3.8, 4) is 0 Å². The lowest BCUT2D eigenvalue weighted by Crippen LogP contribution is -2.49. The first-order valence-electron chi connectivity index (χ1n) is 7.64. The van der Waals surface area contributed by atoms with Crippen LogP contribution in [0.1, 0.15) is 43.5 Å². The molecule has 106 valence electrons. The highest BCUT2D eigenvalue weighted by atomic mass is 15.3. The highest BCUT2D eigenvalue weighted by Gasteiger charge is 2.36. The van der Waals surface area contributed by atoms with E-state index in [4.69, 9.17) is 0 Å². The largest absolute Gasteiger partial charge is 0.310 e. The van der Waals surface area contributed by atoms with E-state index in [-0.39, 0.29) is 0 Å². The van der Waals surface area contributed by atoms with Crippen LogP contribution in [-0.4, -0.2) is 39.9 Å². The molecule has 1 aromatic heterocycles. The topological polar surface area (TPSA) is 33.1 Å². The van der Waals surface area contributed by atoms with Crippen LogP contribution in [0.2, 0.25) is 0 Å². The van der Waals surface area contributed by atoms with E-state index in [2.05, 4.69) is 35.4 Å². The molecule has 0 unspecified atom stereocenters. The molecular weight excluding hydrogens is 236 g/mol. The minimum atomic E-state index is 0.407. The first kappa shape index (κ1) is 13.1. The Labute approximate surface area is 116 Å². The van der Waals surface area contributed by atoms with Crippen molar-refractivity contribution in [3.63, 3.8) is 0 Å². The van der Waals surface area contributed by atoms with Gasteiger partial charge in [-0.05, 0) is 45.3 Å². The van der Waals surface area contributed by atoms with Crippen molar-refractivity contribution in [1.82, 2.24) is 20.0 Å². The van der Waals surface area contributed by atoms with E-state index in [0.29, 0.717) is 5.54 Å². The maximum atomic E-state index is 4.46. The summed E-state index contributed by atoms with van der Waals surface area (Å²) in [4.78, 5) is 2.63. The lowest BCUT2D eigenvalue weighted by molar-refractivity contribution is 0.199. The Morgan fingerprint density at radius 1 is 1.32 bits per heavy atom. The molecule has 0 radical (unpaired) electrons. The highest BCUT2D eigenvalue weighted by Crippen LogP contribution is 2.32. The zero-order chi connectivity index (χ0) is 13.3. The summed E-state index contributed by atoms with van der Waals surface area (Å²) in [7, 11) is 2.06. The third kappa shape index (κ3) is 2.84. The number of rotatable bonds is 2. The lowest BCUT2D eigenvalue weighted by Gasteiger charge is -2.33. The smallest absolute Gasteiger partial charge is 0.0597 e. The Morgan fingerprint density at radius 2 is 2.11 bits per heavy atom. The lowest BCUT2D eigenvalue weighted by atomic mass is 9.97. The normalized spacial score (nSPS) is 23.9. The van der Waals surface area contributed by atoms with Crippen molar-refractivity contribution in [1.29, 1.82) is 0 Å². The van der Waals surface area contributed by atoms with Gasteiger partial charge in [0, 0.05) is 25.7 Å². The van der Waals surface area contributed by atoms with Crippen LogP contribution < -0.4 is 5.32 Å². The summed E-state index contributed by atoms with van der Waals surface area (Å²) in [5.74, 6) is 0. The molecule has 0 amide bonds. The van der Waals surface area contributed by atoms with Gasteiger partial charge in [-0.3, -0.25) is 9.58 Å². The van der Waals surface area contributed by atoms with Gasteiger partial charge in [-0.15, -0.1) is 0 Å². The van der Waals surface area contributed by atoms with Gasteiger partial charge < -0.3 is 5.32 Å². The zero-order valence-electron chi connectivity index (χ0n) is 12.3. The third-order valence-electron chi connectivity index (χ3n) is 4.72. The van der Waals surface area contributed by atoms with Gasteiger partial charge in [0.25, 0.3) is 0 Å². The summed E-state index contributed by atoms with van der Waals surface area (Å²) >= 11 is 0.